The number of allylic oxidation sites excluding steroid dienone is 1. The van der Waals surface area contributed by atoms with Crippen molar-refractivity contribution in [3.8, 4) is 0 Å². The average Bonchev–Trinajstić information content (AvgIpc) is 1.67. The van der Waals surface area contributed by atoms with Gasteiger partial charge in [-0.3, -0.25) is 0 Å². The largest absolute Gasteiger partial charge is 0.330 e. The normalized spacial score (nSPS) is 13.4. The second-order valence-electron chi connectivity index (χ2n) is 2.32. The Kier molecular flexibility index (Phi) is 3.53. The Hall–Kier alpha value is -0.300. The maximum atomic E-state index is 5.33. The fourth-order valence-corrected chi connectivity index (χ4v) is 0.496. The van der Waals surface area contributed by atoms with Crippen LogP contribution in [0.15, 0.2) is 12.2 Å². The topological polar surface area (TPSA) is 26.0 Å². The highest BCUT2D eigenvalue weighted by atomic mass is 14.5. The zero-order chi connectivity index (χ0) is 6.57. The van der Waals surface area contributed by atoms with Gasteiger partial charge in [-0.1, -0.05) is 19.1 Å². The molecule has 0 aliphatic carbocycles. The summed E-state index contributed by atoms with van der Waals surface area (Å²) in [5.41, 5.74) is 6.56. The highest BCUT2D eigenvalue weighted by molar-refractivity contribution is 4.93. The molecule has 1 atom stereocenters. The molecule has 0 spiro atoms. The van der Waals surface area contributed by atoms with E-state index in [9.17, 15) is 0 Å². The second-order valence-corrected chi connectivity index (χ2v) is 2.32. The lowest BCUT2D eigenvalue weighted by atomic mass is 10.0. The third-order valence-corrected chi connectivity index (χ3v) is 1.44. The van der Waals surface area contributed by atoms with Gasteiger partial charge in [0, 0.05) is 0 Å². The van der Waals surface area contributed by atoms with Crippen LogP contribution in [0.1, 0.15) is 20.3 Å². The van der Waals surface area contributed by atoms with Crippen LogP contribution in [0.25, 0.3) is 0 Å². The number of rotatable bonds is 3. The van der Waals surface area contributed by atoms with Crippen LogP contribution in [-0.4, -0.2) is 6.54 Å². The summed E-state index contributed by atoms with van der Waals surface area (Å²) in [5.74, 6) is 0.597. The van der Waals surface area contributed by atoms with Gasteiger partial charge >= 0.3 is 0 Å². The summed E-state index contributed by atoms with van der Waals surface area (Å²) >= 11 is 0. The van der Waals surface area contributed by atoms with Crippen molar-refractivity contribution in [1.29, 1.82) is 0 Å². The van der Waals surface area contributed by atoms with E-state index in [2.05, 4.69) is 13.5 Å². The van der Waals surface area contributed by atoms with Crippen LogP contribution in [0.5, 0.6) is 0 Å². The molecule has 0 aromatic carbocycles. The van der Waals surface area contributed by atoms with Gasteiger partial charge in [-0.25, -0.2) is 0 Å². The predicted octanol–water partition coefficient (Wildman–Crippen LogP) is 1.55. The molecule has 0 saturated heterocycles. The molecule has 0 aromatic rings. The molecule has 0 bridgehead atoms. The quantitative estimate of drug-likeness (QED) is 0.552. The molecule has 0 aliphatic heterocycles. The molecule has 8 heavy (non-hydrogen) atoms. The molecular weight excluding hydrogens is 98.1 g/mol. The summed E-state index contributed by atoms with van der Waals surface area (Å²) in [4.78, 5) is 0. The van der Waals surface area contributed by atoms with Crippen molar-refractivity contribution >= 4 is 0 Å². The van der Waals surface area contributed by atoms with Crippen molar-refractivity contribution in [3.63, 3.8) is 0 Å². The van der Waals surface area contributed by atoms with Gasteiger partial charge in [-0.15, -0.1) is 0 Å². The van der Waals surface area contributed by atoms with Crippen LogP contribution >= 0.6 is 0 Å². The zero-order valence-corrected chi connectivity index (χ0v) is 5.78. The second kappa shape index (κ2) is 3.67. The molecule has 48 valence electrons. The standard InChI is InChI=1S/C7H15N/c1-6(2)7(3)4-5-8/h7H,1,4-5,8H2,2-3H3. The summed E-state index contributed by atoms with van der Waals surface area (Å²) in [7, 11) is 0. The lowest BCUT2D eigenvalue weighted by molar-refractivity contribution is 0.625. The van der Waals surface area contributed by atoms with Gasteiger partial charge in [0.25, 0.3) is 0 Å². The molecule has 1 nitrogen and oxygen atoms in total. The van der Waals surface area contributed by atoms with E-state index in [4.69, 9.17) is 5.73 Å². The highest BCUT2D eigenvalue weighted by Gasteiger charge is 1.97. The smallest absolute Gasteiger partial charge is 0.00717 e. The molecule has 1 heteroatoms. The van der Waals surface area contributed by atoms with Crippen LogP contribution in [0.3, 0.4) is 0 Å². The number of hydrogen-bond donors (Lipinski definition) is 1. The van der Waals surface area contributed by atoms with E-state index >= 15 is 0 Å². The minimum Gasteiger partial charge on any atom is -0.330 e. The molecule has 0 fully saturated rings. The maximum absolute atomic E-state index is 5.33. The van der Waals surface area contributed by atoms with Gasteiger partial charge < -0.3 is 5.73 Å². The maximum Gasteiger partial charge on any atom is -0.00717 e. The van der Waals surface area contributed by atoms with E-state index in [1.54, 1.807) is 0 Å². The van der Waals surface area contributed by atoms with Crippen molar-refractivity contribution in [2.45, 2.75) is 20.3 Å². The Morgan fingerprint density at radius 2 is 2.25 bits per heavy atom. The van der Waals surface area contributed by atoms with Crippen LogP contribution in [0.4, 0.5) is 0 Å². The van der Waals surface area contributed by atoms with Crippen LogP contribution < -0.4 is 5.73 Å². The highest BCUT2D eigenvalue weighted by Crippen LogP contribution is 2.09. The Morgan fingerprint density at radius 3 is 2.38 bits per heavy atom. The van der Waals surface area contributed by atoms with E-state index in [-0.39, 0.29) is 0 Å². The van der Waals surface area contributed by atoms with Crippen molar-refractivity contribution < 1.29 is 0 Å². The Morgan fingerprint density at radius 1 is 1.75 bits per heavy atom. The van der Waals surface area contributed by atoms with Gasteiger partial charge in [-0.05, 0) is 25.8 Å². The van der Waals surface area contributed by atoms with Gasteiger partial charge in [-0.2, -0.15) is 0 Å². The van der Waals surface area contributed by atoms with Crippen molar-refractivity contribution in [3.05, 3.63) is 12.2 Å². The average molecular weight is 113 g/mol. The molecule has 1 unspecified atom stereocenters. The molecule has 0 aliphatic rings. The van der Waals surface area contributed by atoms with E-state index in [0.717, 1.165) is 13.0 Å². The molecule has 0 amide bonds. The van der Waals surface area contributed by atoms with Gasteiger partial charge in [0.15, 0.2) is 0 Å². The Labute approximate surface area is 51.6 Å². The fraction of sp³-hybridized carbons (Fsp3) is 0.714. The third-order valence-electron chi connectivity index (χ3n) is 1.44. The van der Waals surface area contributed by atoms with Crippen molar-refractivity contribution in [2.24, 2.45) is 11.7 Å². The lowest BCUT2D eigenvalue weighted by Gasteiger charge is -2.06. The number of nitrogens with two attached hydrogens (primary N) is 1. The van der Waals surface area contributed by atoms with Gasteiger partial charge in [0.1, 0.15) is 0 Å². The molecule has 0 heterocycles. The van der Waals surface area contributed by atoms with E-state index in [0.29, 0.717) is 5.92 Å². The predicted molar refractivity (Wildman–Crippen MR) is 37.6 cm³/mol. The molecule has 0 aromatic heterocycles. The van der Waals surface area contributed by atoms with Crippen molar-refractivity contribution in [2.75, 3.05) is 6.54 Å². The minimum atomic E-state index is 0.597. The SMILES string of the molecule is C=C(C)C(C)CCN. The minimum absolute atomic E-state index is 0.597. The first kappa shape index (κ1) is 7.70. The van der Waals surface area contributed by atoms with E-state index in [1.807, 2.05) is 6.92 Å². The summed E-state index contributed by atoms with van der Waals surface area (Å²) in [6, 6.07) is 0. The van der Waals surface area contributed by atoms with Crippen LogP contribution in [-0.2, 0) is 0 Å². The first-order chi connectivity index (χ1) is 3.68. The zero-order valence-electron chi connectivity index (χ0n) is 5.78. The number of hydrogen-bond acceptors (Lipinski definition) is 1. The van der Waals surface area contributed by atoms with Crippen LogP contribution in [0, 0.1) is 5.92 Å². The molecule has 0 rings (SSSR count). The van der Waals surface area contributed by atoms with Gasteiger partial charge in [0.2, 0.25) is 0 Å². The molecule has 0 radical (unpaired) electrons. The van der Waals surface area contributed by atoms with Gasteiger partial charge in [0.05, 0.1) is 0 Å². The summed E-state index contributed by atoms with van der Waals surface area (Å²) < 4.78 is 0. The van der Waals surface area contributed by atoms with Crippen molar-refractivity contribution in [1.82, 2.24) is 0 Å². The summed E-state index contributed by atoms with van der Waals surface area (Å²) in [6.07, 6.45) is 1.06. The first-order valence-corrected chi connectivity index (χ1v) is 3.04. The summed E-state index contributed by atoms with van der Waals surface area (Å²) in [5, 5.41) is 0. The van der Waals surface area contributed by atoms with E-state index < -0.39 is 0 Å². The fourth-order valence-electron chi connectivity index (χ4n) is 0.496. The Balaban J connectivity index is 3.32. The molecular formula is C7H15N. The first-order valence-electron chi connectivity index (χ1n) is 3.04. The monoisotopic (exact) mass is 113 g/mol. The Bertz CT molecular complexity index is 76.5. The van der Waals surface area contributed by atoms with E-state index in [1.165, 1.54) is 5.57 Å². The molecule has 0 saturated carbocycles. The molecule has 2 N–H and O–H groups in total. The van der Waals surface area contributed by atoms with Crippen LogP contribution in [0.2, 0.25) is 0 Å². The third kappa shape index (κ3) is 2.80. The lowest BCUT2D eigenvalue weighted by Crippen LogP contribution is -2.05. The summed E-state index contributed by atoms with van der Waals surface area (Å²) in [6.45, 7) is 8.78.